The molecular weight excluding hydrogens is 1010 g/mol. The Morgan fingerprint density at radius 2 is 1.29 bits per heavy atom. The highest BCUT2D eigenvalue weighted by Crippen LogP contribution is 2.60. The highest BCUT2D eigenvalue weighted by molar-refractivity contribution is 7.61. The number of allylic oxidation sites excluding steroid dienone is 18. The third-order valence-electron chi connectivity index (χ3n) is 10.6. The molecule has 1 aliphatic rings. The lowest BCUT2D eigenvalue weighted by atomic mass is 10.1. The predicted molar refractivity (Wildman–Crippen MR) is 290 cm³/mol. The molecule has 1 aliphatic heterocycles. The summed E-state index contributed by atoms with van der Waals surface area (Å²) < 4.78 is 56.6. The number of nitrogen functional groups attached to an aromatic ring is 1. The molecule has 0 aromatic carbocycles. The van der Waals surface area contributed by atoms with Crippen LogP contribution in [-0.4, -0.2) is 96.9 Å². The lowest BCUT2D eigenvalue weighted by Crippen LogP contribution is -2.36. The summed E-state index contributed by atoms with van der Waals surface area (Å²) in [7, 11) is -10.9. The van der Waals surface area contributed by atoms with Gasteiger partial charge >= 0.3 is 33.3 Å². The van der Waals surface area contributed by atoms with Crippen LogP contribution < -0.4 is 11.4 Å². The van der Waals surface area contributed by atoms with Gasteiger partial charge < -0.3 is 45.1 Å². The van der Waals surface area contributed by atoms with Crippen LogP contribution >= 0.6 is 15.6 Å². The fraction of sp³-hybridized carbons (Fsp3) is 0.519. The molecule has 0 aliphatic carbocycles. The van der Waals surface area contributed by atoms with E-state index >= 15 is 0 Å². The summed E-state index contributed by atoms with van der Waals surface area (Å²) in [5.74, 6) is -1.51. The van der Waals surface area contributed by atoms with Crippen molar-refractivity contribution < 1.29 is 71.4 Å². The van der Waals surface area contributed by atoms with Gasteiger partial charge in [-0.05, 0) is 89.5 Å². The molecule has 418 valence electrons. The number of ether oxygens (including phenoxy) is 3. The maximum Gasteiger partial charge on any atom is 0.481 e. The van der Waals surface area contributed by atoms with Gasteiger partial charge in [0.2, 0.25) is 0 Å². The summed E-state index contributed by atoms with van der Waals surface area (Å²) in [4.78, 5) is 61.9. The first-order valence-corrected chi connectivity index (χ1v) is 28.6. The second-order valence-corrected chi connectivity index (χ2v) is 20.2. The molecule has 1 fully saturated rings. The number of aromatic nitrogens is 2. The largest absolute Gasteiger partial charge is 0.481 e. The molecule has 8 atom stereocenters. The Morgan fingerprint density at radius 1 is 0.720 bits per heavy atom. The number of aliphatic hydroxyl groups is 3. The molecule has 19 nitrogen and oxygen atoms in total. The first-order valence-electron chi connectivity index (χ1n) is 25.7. The molecule has 0 saturated carbocycles. The number of unbranched alkanes of at least 4 members (excludes halogenated alkanes) is 4. The van der Waals surface area contributed by atoms with Gasteiger partial charge in [0.05, 0.1) is 19.3 Å². The molecule has 1 saturated heterocycles. The normalized spacial score (nSPS) is 20.2. The zero-order chi connectivity index (χ0) is 55.0. The van der Waals surface area contributed by atoms with Gasteiger partial charge in [0.1, 0.15) is 30.7 Å². The Labute approximate surface area is 442 Å². The summed E-state index contributed by atoms with van der Waals surface area (Å²) in [6.07, 6.45) is 44.9. The number of nitrogens with zero attached hydrogens (tertiary/aromatic N) is 2. The topological polar surface area (TPSA) is 286 Å². The molecule has 0 amide bonds. The quantitative estimate of drug-likeness (QED) is 0.0117. The molecule has 1 aromatic rings. The van der Waals surface area contributed by atoms with Crippen molar-refractivity contribution in [1.29, 1.82) is 0 Å². The first kappa shape index (κ1) is 66.2. The monoisotopic (exact) mass is 1090 g/mol. The van der Waals surface area contributed by atoms with E-state index in [1.165, 1.54) is 25.3 Å². The lowest BCUT2D eigenvalue weighted by Gasteiger charge is -2.21. The number of rotatable bonds is 40. The number of anilines is 1. The minimum atomic E-state index is -5.47. The van der Waals surface area contributed by atoms with E-state index in [-0.39, 0.29) is 18.7 Å². The number of hydrogen-bond acceptors (Lipinski definition) is 16. The zero-order valence-electron chi connectivity index (χ0n) is 43.4. The van der Waals surface area contributed by atoms with E-state index in [4.69, 9.17) is 29.0 Å². The molecule has 21 heteroatoms. The van der Waals surface area contributed by atoms with Crippen LogP contribution in [0.5, 0.6) is 0 Å². The maximum atomic E-state index is 12.9. The SMILES string of the molecule is CC/C=C\CC(O)/C=C/C=C/C/C=C\C/C=C\C/C=C\CCC(=O)OC[C@H](COP(=O)(O)OP(=O)(O)OC[C@H]1O[C@@H](n2ccc(N)nc2=O)[C@H](O)[C@@H]1O)OC(=O)CCC/C=C\C/C=C\C/C=C\C/C=C\CCCCC. The Kier molecular flexibility index (Phi) is 35.7. The second-order valence-electron chi connectivity index (χ2n) is 17.1. The number of carbonyl (C=O) groups is 2. The van der Waals surface area contributed by atoms with Gasteiger partial charge in [-0.1, -0.05) is 148 Å². The van der Waals surface area contributed by atoms with Crippen LogP contribution in [0.15, 0.2) is 139 Å². The molecule has 3 unspecified atom stereocenters. The molecule has 1 aromatic heterocycles. The van der Waals surface area contributed by atoms with Crippen LogP contribution in [-0.2, 0) is 46.3 Å². The van der Waals surface area contributed by atoms with Gasteiger partial charge in [0, 0.05) is 19.0 Å². The van der Waals surface area contributed by atoms with E-state index in [2.05, 4.69) is 46.6 Å². The zero-order valence-corrected chi connectivity index (χ0v) is 45.2. The Morgan fingerprint density at radius 3 is 1.89 bits per heavy atom. The van der Waals surface area contributed by atoms with Crippen LogP contribution in [0, 0.1) is 0 Å². The summed E-state index contributed by atoms with van der Waals surface area (Å²) in [5, 5.41) is 30.8. The average molecular weight is 1090 g/mol. The molecular formula is C54H81N3O16P2. The van der Waals surface area contributed by atoms with Crippen LogP contribution in [0.4, 0.5) is 5.82 Å². The smallest absolute Gasteiger partial charge is 0.462 e. The molecule has 0 bridgehead atoms. The van der Waals surface area contributed by atoms with Crippen molar-refractivity contribution in [2.24, 2.45) is 0 Å². The van der Waals surface area contributed by atoms with Gasteiger partial charge in [-0.3, -0.25) is 23.2 Å². The lowest BCUT2D eigenvalue weighted by molar-refractivity contribution is -0.161. The Hall–Kier alpha value is -4.88. The number of nitrogens with two attached hydrogens (primary N) is 1. The van der Waals surface area contributed by atoms with Crippen LogP contribution in [0.25, 0.3) is 0 Å². The van der Waals surface area contributed by atoms with Crippen LogP contribution in [0.1, 0.15) is 129 Å². The minimum Gasteiger partial charge on any atom is -0.462 e. The van der Waals surface area contributed by atoms with E-state index < -0.39 is 89.8 Å². The maximum absolute atomic E-state index is 12.9. The number of carbonyl (C=O) groups excluding carboxylic acids is 2. The molecule has 0 spiro atoms. The van der Waals surface area contributed by atoms with Crippen LogP contribution in [0.2, 0.25) is 0 Å². The second kappa shape index (κ2) is 40.4. The van der Waals surface area contributed by atoms with Gasteiger partial charge in [0.25, 0.3) is 0 Å². The summed E-state index contributed by atoms with van der Waals surface area (Å²) in [5.41, 5.74) is 4.57. The van der Waals surface area contributed by atoms with Gasteiger partial charge in [-0.2, -0.15) is 9.29 Å². The number of esters is 2. The number of hydrogen-bond donors (Lipinski definition) is 6. The highest BCUT2D eigenvalue weighted by atomic mass is 31.3. The standard InChI is InChI=1S/C54H81N3O16P2/c1-3-5-7-8-9-10-11-12-13-14-15-18-22-25-28-31-35-39-50(60)71-46(42-68-49(59)38-34-30-27-24-21-19-16-17-20-23-26-29-33-37-45(58)36-32-6-4-2)43-69-74(64,65)73-75(66,67)70-44-47-51(61)52(62)53(72-47)57-41-40-48(55)56-54(57)63/h6,9-10,12-13,15,17-21,25-30,32-33,37,40-41,45-47,51-53,58,61-62H,3-5,7-8,11,14,16,22-24,31,34-36,38-39,42-44H2,1-2H3,(H,64,65)(H,66,67)(H2,55,56,63)/b10-9-,13-12-,18-15-,20-17-,21-19-,28-25-,29-26+,30-27-,32-6-,37-33+/t45?,46-,47-,51-,52-,53-/m1/s1. The van der Waals surface area contributed by atoms with E-state index in [1.807, 2.05) is 92.0 Å². The summed E-state index contributed by atoms with van der Waals surface area (Å²) in [6.45, 7) is 1.77. The Balaban J connectivity index is 1.87. The molecule has 0 radical (unpaired) electrons. The van der Waals surface area contributed by atoms with Crippen molar-refractivity contribution in [2.75, 3.05) is 25.6 Å². The summed E-state index contributed by atoms with van der Waals surface area (Å²) in [6, 6.07) is 1.24. The molecule has 2 heterocycles. The Bertz CT molecular complexity index is 2250. The van der Waals surface area contributed by atoms with Crippen LogP contribution in [0.3, 0.4) is 0 Å². The third-order valence-corrected chi connectivity index (χ3v) is 13.2. The predicted octanol–water partition coefficient (Wildman–Crippen LogP) is 9.74. The number of aliphatic hydroxyl groups excluding tert-OH is 3. The van der Waals surface area contributed by atoms with Gasteiger partial charge in [0.15, 0.2) is 12.3 Å². The van der Waals surface area contributed by atoms with Crippen molar-refractivity contribution in [3.05, 3.63) is 144 Å². The first-order chi connectivity index (χ1) is 36.1. The fourth-order valence-electron chi connectivity index (χ4n) is 6.65. The van der Waals surface area contributed by atoms with Gasteiger partial charge in [-0.15, -0.1) is 0 Å². The summed E-state index contributed by atoms with van der Waals surface area (Å²) >= 11 is 0. The molecule has 2 rings (SSSR count). The van der Waals surface area contributed by atoms with E-state index in [0.717, 1.165) is 55.7 Å². The fourth-order valence-corrected chi connectivity index (χ4v) is 8.76. The average Bonchev–Trinajstić information content (AvgIpc) is 3.64. The third kappa shape index (κ3) is 33.0. The van der Waals surface area contributed by atoms with Crippen molar-refractivity contribution in [1.82, 2.24) is 9.55 Å². The number of phosphoric acid groups is 2. The molecule has 75 heavy (non-hydrogen) atoms. The van der Waals surface area contributed by atoms with Crippen molar-refractivity contribution in [2.45, 2.75) is 160 Å². The van der Waals surface area contributed by atoms with Gasteiger partial charge in [-0.25, -0.2) is 13.9 Å². The highest BCUT2D eigenvalue weighted by Gasteiger charge is 2.46. The molecule has 7 N–H and O–H groups in total. The van der Waals surface area contributed by atoms with E-state index in [1.54, 1.807) is 6.08 Å². The van der Waals surface area contributed by atoms with Crippen molar-refractivity contribution in [3.8, 4) is 0 Å². The van der Waals surface area contributed by atoms with E-state index in [9.17, 15) is 48.6 Å². The minimum absolute atomic E-state index is 0.0332. The van der Waals surface area contributed by atoms with Crippen molar-refractivity contribution in [3.63, 3.8) is 0 Å². The number of phosphoric ester groups is 2. The van der Waals surface area contributed by atoms with E-state index in [0.29, 0.717) is 32.1 Å². The van der Waals surface area contributed by atoms with Crippen molar-refractivity contribution >= 4 is 33.4 Å².